The molecule has 2 aromatic carbocycles. The molecular weight excluding hydrogens is 553 g/mol. The van der Waals surface area contributed by atoms with Crippen molar-refractivity contribution in [1.29, 1.82) is 0 Å². The van der Waals surface area contributed by atoms with E-state index < -0.39 is 19.9 Å². The zero-order valence-corrected chi connectivity index (χ0v) is 21.3. The molecule has 1 saturated heterocycles. The van der Waals surface area contributed by atoms with E-state index in [4.69, 9.17) is 0 Å². The molecule has 0 aliphatic carbocycles. The lowest BCUT2D eigenvalue weighted by Gasteiger charge is -2.23. The van der Waals surface area contributed by atoms with E-state index in [9.17, 15) is 16.8 Å². The molecule has 5 nitrogen and oxygen atoms in total. The van der Waals surface area contributed by atoms with Gasteiger partial charge in [-0.25, -0.2) is 16.8 Å². The van der Waals surface area contributed by atoms with Crippen molar-refractivity contribution in [2.45, 2.75) is 40.0 Å². The molecule has 0 aromatic heterocycles. The van der Waals surface area contributed by atoms with Gasteiger partial charge in [0.1, 0.15) is 0 Å². The van der Waals surface area contributed by atoms with E-state index in [-0.39, 0.29) is 14.9 Å². The van der Waals surface area contributed by atoms with Crippen LogP contribution in [-0.4, -0.2) is 43.4 Å². The van der Waals surface area contributed by atoms with Gasteiger partial charge in [-0.05, 0) is 49.9 Å². The highest BCUT2D eigenvalue weighted by Gasteiger charge is 2.39. The van der Waals surface area contributed by atoms with Gasteiger partial charge in [-0.3, -0.25) is 0 Å². The van der Waals surface area contributed by atoms with Crippen LogP contribution in [0.3, 0.4) is 0 Å². The summed E-state index contributed by atoms with van der Waals surface area (Å²) in [5.74, 6) is 0.504. The third-order valence-electron chi connectivity index (χ3n) is 4.91. The fourth-order valence-corrected chi connectivity index (χ4v) is 8.48. The smallest absolute Gasteiger partial charge is 0.219 e. The van der Waals surface area contributed by atoms with Gasteiger partial charge >= 0.3 is 0 Å². The van der Waals surface area contributed by atoms with Crippen molar-refractivity contribution in [3.63, 3.8) is 0 Å². The number of halogens is 1. The molecule has 1 aliphatic heterocycles. The first-order valence-corrected chi connectivity index (χ1v) is 14.7. The van der Waals surface area contributed by atoms with Crippen LogP contribution in [0, 0.1) is 13.8 Å². The van der Waals surface area contributed by atoms with Crippen LogP contribution in [0.1, 0.15) is 17.5 Å². The second-order valence-electron chi connectivity index (χ2n) is 7.34. The Balaban J connectivity index is 1.68. The van der Waals surface area contributed by atoms with E-state index in [1.165, 1.54) is 17.2 Å². The van der Waals surface area contributed by atoms with Crippen molar-refractivity contribution in [2.24, 2.45) is 0 Å². The van der Waals surface area contributed by atoms with Crippen molar-refractivity contribution in [3.05, 3.63) is 70.5 Å². The maximum absolute atomic E-state index is 13.1. The summed E-state index contributed by atoms with van der Waals surface area (Å²) in [7, 11) is -7.08. The average Bonchev–Trinajstić information content (AvgIpc) is 3.07. The highest BCUT2D eigenvalue weighted by molar-refractivity contribution is 14.1. The van der Waals surface area contributed by atoms with Crippen LogP contribution in [0.2, 0.25) is 0 Å². The summed E-state index contributed by atoms with van der Waals surface area (Å²) in [6.07, 6.45) is 0.747. The fraction of sp³-hybridized carbons (Fsp3) is 0.333. The molecule has 0 bridgehead atoms. The van der Waals surface area contributed by atoms with Crippen LogP contribution >= 0.6 is 34.4 Å². The number of benzene rings is 2. The van der Waals surface area contributed by atoms with Gasteiger partial charge in [0, 0.05) is 27.7 Å². The number of thioether (sulfide) groups is 1. The molecule has 0 saturated carbocycles. The lowest BCUT2D eigenvalue weighted by molar-refractivity contribution is 0.413. The first-order valence-electron chi connectivity index (χ1n) is 9.42. The summed E-state index contributed by atoms with van der Waals surface area (Å²) in [4.78, 5) is 0.549. The van der Waals surface area contributed by atoms with E-state index in [0.717, 1.165) is 17.5 Å². The topological polar surface area (TPSA) is 71.5 Å². The lowest BCUT2D eigenvalue weighted by atomic mass is 10.2. The van der Waals surface area contributed by atoms with Crippen molar-refractivity contribution in [3.8, 4) is 0 Å². The Kier molecular flexibility index (Phi) is 7.71. The quantitative estimate of drug-likeness (QED) is 0.357. The minimum absolute atomic E-state index is 0.171. The third-order valence-corrected chi connectivity index (χ3v) is 10.2. The van der Waals surface area contributed by atoms with Crippen molar-refractivity contribution < 1.29 is 16.8 Å². The third kappa shape index (κ3) is 5.67. The first-order chi connectivity index (χ1) is 14.1. The molecule has 0 N–H and O–H groups in total. The molecule has 2 aromatic rings. The lowest BCUT2D eigenvalue weighted by Crippen LogP contribution is -2.37. The van der Waals surface area contributed by atoms with Crippen LogP contribution in [-0.2, 0) is 19.9 Å². The molecule has 162 valence electrons. The van der Waals surface area contributed by atoms with Gasteiger partial charge in [-0.1, -0.05) is 58.0 Å². The van der Waals surface area contributed by atoms with Crippen LogP contribution in [0.4, 0.5) is 0 Å². The molecule has 1 heterocycles. The fourth-order valence-electron chi connectivity index (χ4n) is 3.21. The normalized spacial score (nSPS) is 20.8. The Hall–Kier alpha value is -0.880. The molecule has 2 atom stereocenters. The molecule has 30 heavy (non-hydrogen) atoms. The SMILES string of the molecule is Cc1ccc(S(=O)(=O)/C=C\SC[C@@H]2CC(I)CN2S(=O)(=O)c2ccc(C)cc2)cc1. The Morgan fingerprint density at radius 3 is 2.07 bits per heavy atom. The van der Waals surface area contributed by atoms with Crippen molar-refractivity contribution in [2.75, 3.05) is 12.3 Å². The molecule has 1 fully saturated rings. The highest BCUT2D eigenvalue weighted by Crippen LogP contribution is 2.32. The zero-order valence-electron chi connectivity index (χ0n) is 16.7. The molecule has 1 aliphatic rings. The Bertz CT molecular complexity index is 1110. The summed E-state index contributed by atoms with van der Waals surface area (Å²) in [6, 6.07) is 13.4. The maximum Gasteiger partial charge on any atom is 0.243 e. The number of aryl methyl sites for hydroxylation is 2. The number of sulfonamides is 1. The second kappa shape index (κ2) is 9.72. The standard InChI is InChI=1S/C21H24INO4S3/c1-16-3-7-20(8-4-16)29(24,25)12-11-28-15-19-13-18(22)14-23(19)30(26,27)21-9-5-17(2)6-10-21/h3-12,18-19H,13-15H2,1-2H3/b12-11-/t18?,19-/m0/s1. The van der Waals surface area contributed by atoms with Crippen LogP contribution < -0.4 is 0 Å². The van der Waals surface area contributed by atoms with E-state index in [1.54, 1.807) is 58.2 Å². The van der Waals surface area contributed by atoms with E-state index >= 15 is 0 Å². The minimum atomic E-state index is -3.58. The summed E-state index contributed by atoms with van der Waals surface area (Å²) in [5, 5.41) is 2.74. The van der Waals surface area contributed by atoms with Crippen LogP contribution in [0.5, 0.6) is 0 Å². The number of nitrogens with zero attached hydrogens (tertiary/aromatic N) is 1. The number of rotatable bonds is 7. The average molecular weight is 578 g/mol. The Morgan fingerprint density at radius 2 is 1.50 bits per heavy atom. The number of sulfone groups is 1. The van der Waals surface area contributed by atoms with Gasteiger partial charge in [0.25, 0.3) is 0 Å². The first kappa shape index (κ1) is 23.8. The van der Waals surface area contributed by atoms with E-state index in [2.05, 4.69) is 22.6 Å². The van der Waals surface area contributed by atoms with Gasteiger partial charge in [0.05, 0.1) is 9.79 Å². The molecule has 0 spiro atoms. The Labute approximate surface area is 197 Å². The summed E-state index contributed by atoms with van der Waals surface area (Å²) < 4.78 is 52.8. The minimum Gasteiger partial charge on any atom is -0.219 e. The monoisotopic (exact) mass is 577 g/mol. The van der Waals surface area contributed by atoms with Crippen molar-refractivity contribution >= 4 is 54.2 Å². The number of alkyl halides is 1. The maximum atomic E-state index is 13.1. The van der Waals surface area contributed by atoms with Gasteiger partial charge in [-0.15, -0.1) is 11.8 Å². The van der Waals surface area contributed by atoms with Gasteiger partial charge in [0.2, 0.25) is 10.0 Å². The van der Waals surface area contributed by atoms with Gasteiger partial charge < -0.3 is 0 Å². The van der Waals surface area contributed by atoms with E-state index in [0.29, 0.717) is 17.2 Å². The number of hydrogen-bond acceptors (Lipinski definition) is 5. The molecule has 0 radical (unpaired) electrons. The summed E-state index contributed by atoms with van der Waals surface area (Å²) in [6.45, 7) is 4.29. The van der Waals surface area contributed by atoms with Gasteiger partial charge in [0.15, 0.2) is 9.84 Å². The molecule has 1 unspecified atom stereocenters. The van der Waals surface area contributed by atoms with Crippen molar-refractivity contribution in [1.82, 2.24) is 4.31 Å². The van der Waals surface area contributed by atoms with E-state index in [1.807, 2.05) is 13.8 Å². The summed E-state index contributed by atoms with van der Waals surface area (Å²) in [5.41, 5.74) is 2.01. The second-order valence-corrected chi connectivity index (χ2v) is 13.8. The summed E-state index contributed by atoms with van der Waals surface area (Å²) >= 11 is 3.61. The van der Waals surface area contributed by atoms with Crippen LogP contribution in [0.25, 0.3) is 0 Å². The highest BCUT2D eigenvalue weighted by atomic mass is 127. The van der Waals surface area contributed by atoms with Gasteiger partial charge in [-0.2, -0.15) is 4.31 Å². The largest absolute Gasteiger partial charge is 0.243 e. The zero-order chi connectivity index (χ0) is 21.9. The van der Waals surface area contributed by atoms with Crippen LogP contribution in [0.15, 0.2) is 69.1 Å². The number of hydrogen-bond donors (Lipinski definition) is 0. The molecule has 0 amide bonds. The molecule has 3 rings (SSSR count). The Morgan fingerprint density at radius 1 is 0.967 bits per heavy atom. The predicted octanol–water partition coefficient (Wildman–Crippen LogP) is 4.55. The predicted molar refractivity (Wildman–Crippen MR) is 131 cm³/mol. The molecule has 9 heteroatoms. The molecular formula is C21H24INO4S3.